The standard InChI is InChI=1S/C22H30FN5O3S2/c1-5-13-26-20(14-27(33(4,30)31)19-11-9-18(23)10-12-19)24-25-22(26)32-15-21(29)28-16(2)7-6-8-17(28)3/h5,9-12,16-17H,1,6-8,13-15H2,2-4H3/t16-,17-/m0/s1. The van der Waals surface area contributed by atoms with Crippen LogP contribution < -0.4 is 4.31 Å². The molecule has 0 aliphatic carbocycles. The Labute approximate surface area is 198 Å². The molecule has 0 unspecified atom stereocenters. The number of likely N-dealkylation sites (tertiary alicyclic amines) is 1. The van der Waals surface area contributed by atoms with Crippen molar-refractivity contribution in [2.24, 2.45) is 0 Å². The molecule has 0 radical (unpaired) electrons. The summed E-state index contributed by atoms with van der Waals surface area (Å²) >= 11 is 1.28. The second-order valence-corrected chi connectivity index (χ2v) is 11.1. The first-order chi connectivity index (χ1) is 15.6. The molecule has 1 aromatic heterocycles. The summed E-state index contributed by atoms with van der Waals surface area (Å²) in [5, 5.41) is 8.92. The van der Waals surface area contributed by atoms with Crippen LogP contribution in [0.3, 0.4) is 0 Å². The first-order valence-electron chi connectivity index (χ1n) is 10.8. The van der Waals surface area contributed by atoms with Crippen LogP contribution in [0.15, 0.2) is 42.1 Å². The lowest BCUT2D eigenvalue weighted by molar-refractivity contribution is -0.134. The van der Waals surface area contributed by atoms with Crippen molar-refractivity contribution in [3.63, 3.8) is 0 Å². The zero-order valence-electron chi connectivity index (χ0n) is 19.1. The van der Waals surface area contributed by atoms with Gasteiger partial charge in [0.15, 0.2) is 11.0 Å². The quantitative estimate of drug-likeness (QED) is 0.391. The third-order valence-corrected chi connectivity index (χ3v) is 7.80. The zero-order chi connectivity index (χ0) is 24.2. The normalized spacial score (nSPS) is 18.8. The number of nitrogens with zero attached hydrogens (tertiary/aromatic N) is 5. The molecule has 33 heavy (non-hydrogen) atoms. The SMILES string of the molecule is C=CCn1c(CN(c2ccc(F)cc2)S(C)(=O)=O)nnc1SCC(=O)N1[C@@H](C)CCC[C@@H]1C. The summed E-state index contributed by atoms with van der Waals surface area (Å²) in [6, 6.07) is 5.64. The molecule has 11 heteroatoms. The van der Waals surface area contributed by atoms with Crippen LogP contribution >= 0.6 is 11.8 Å². The number of halogens is 1. The molecule has 0 N–H and O–H groups in total. The lowest BCUT2D eigenvalue weighted by Gasteiger charge is -2.39. The monoisotopic (exact) mass is 495 g/mol. The molecule has 0 spiro atoms. The van der Waals surface area contributed by atoms with Crippen molar-refractivity contribution in [3.8, 4) is 0 Å². The van der Waals surface area contributed by atoms with Crippen molar-refractivity contribution in [1.82, 2.24) is 19.7 Å². The molecule has 3 rings (SSSR count). The summed E-state index contributed by atoms with van der Waals surface area (Å²) in [7, 11) is -3.67. The van der Waals surface area contributed by atoms with Gasteiger partial charge in [-0.15, -0.1) is 16.8 Å². The number of carbonyl (C=O) groups is 1. The Hall–Kier alpha value is -2.40. The molecule has 180 valence electrons. The van der Waals surface area contributed by atoms with Gasteiger partial charge in [-0.2, -0.15) is 0 Å². The van der Waals surface area contributed by atoms with Crippen LogP contribution in [0.1, 0.15) is 38.9 Å². The molecule has 2 heterocycles. The second-order valence-electron chi connectivity index (χ2n) is 8.26. The van der Waals surface area contributed by atoms with E-state index < -0.39 is 15.8 Å². The molecule has 1 aliphatic heterocycles. The maximum absolute atomic E-state index is 13.3. The van der Waals surface area contributed by atoms with Gasteiger partial charge in [0, 0.05) is 18.6 Å². The number of piperidine rings is 1. The number of rotatable bonds is 9. The van der Waals surface area contributed by atoms with Crippen LogP contribution in [0.2, 0.25) is 0 Å². The molecule has 2 aromatic rings. The van der Waals surface area contributed by atoms with E-state index in [-0.39, 0.29) is 30.3 Å². The van der Waals surface area contributed by atoms with Crippen LogP contribution in [0, 0.1) is 5.82 Å². The highest BCUT2D eigenvalue weighted by atomic mass is 32.2. The molecule has 1 aliphatic rings. The number of anilines is 1. The van der Waals surface area contributed by atoms with Crippen molar-refractivity contribution >= 4 is 33.4 Å². The first kappa shape index (κ1) is 25.2. The fourth-order valence-electron chi connectivity index (χ4n) is 4.10. The summed E-state index contributed by atoms with van der Waals surface area (Å²) in [5.41, 5.74) is 0.324. The minimum Gasteiger partial charge on any atom is -0.337 e. The molecular formula is C22H30FN5O3S2. The number of carbonyl (C=O) groups excluding carboxylic acids is 1. The highest BCUT2D eigenvalue weighted by Gasteiger charge is 2.29. The molecule has 1 saturated heterocycles. The highest BCUT2D eigenvalue weighted by Crippen LogP contribution is 2.26. The molecule has 0 saturated carbocycles. The largest absolute Gasteiger partial charge is 0.337 e. The fourth-order valence-corrected chi connectivity index (χ4v) is 5.80. The van der Waals surface area contributed by atoms with Crippen molar-refractivity contribution in [2.45, 2.75) is 63.4 Å². The van der Waals surface area contributed by atoms with Crippen molar-refractivity contribution in [3.05, 3.63) is 48.6 Å². The Kier molecular flexibility index (Phi) is 8.17. The molecule has 1 amide bonds. The molecule has 1 fully saturated rings. The number of thioether (sulfide) groups is 1. The van der Waals surface area contributed by atoms with Crippen LogP contribution in [0.4, 0.5) is 10.1 Å². The molecule has 0 bridgehead atoms. The molecule has 1 aromatic carbocycles. The summed E-state index contributed by atoms with van der Waals surface area (Å²) in [6.07, 6.45) is 5.88. The molecule has 2 atom stereocenters. The van der Waals surface area contributed by atoms with Crippen LogP contribution in [-0.2, 0) is 27.9 Å². The van der Waals surface area contributed by atoms with Gasteiger partial charge < -0.3 is 9.47 Å². The van der Waals surface area contributed by atoms with Gasteiger partial charge in [-0.25, -0.2) is 12.8 Å². The number of benzene rings is 1. The van der Waals surface area contributed by atoms with E-state index >= 15 is 0 Å². The van der Waals surface area contributed by atoms with Gasteiger partial charge in [0.1, 0.15) is 5.82 Å². The lowest BCUT2D eigenvalue weighted by Crippen LogP contribution is -2.48. The smallest absolute Gasteiger partial charge is 0.233 e. The number of allylic oxidation sites excluding steroid dienone is 1. The van der Waals surface area contributed by atoms with E-state index in [9.17, 15) is 17.6 Å². The van der Waals surface area contributed by atoms with Crippen molar-refractivity contribution in [2.75, 3.05) is 16.3 Å². The Bertz CT molecular complexity index is 1080. The number of amides is 1. The highest BCUT2D eigenvalue weighted by molar-refractivity contribution is 7.99. The summed E-state index contributed by atoms with van der Waals surface area (Å²) < 4.78 is 41.1. The third kappa shape index (κ3) is 6.14. The minimum atomic E-state index is -3.67. The van der Waals surface area contributed by atoms with E-state index in [0.29, 0.717) is 23.2 Å². The van der Waals surface area contributed by atoms with Crippen molar-refractivity contribution < 1.29 is 17.6 Å². The topological polar surface area (TPSA) is 88.4 Å². The third-order valence-electron chi connectivity index (χ3n) is 5.71. The van der Waals surface area contributed by atoms with Crippen LogP contribution in [0.25, 0.3) is 0 Å². The van der Waals surface area contributed by atoms with E-state index in [1.807, 2.05) is 4.90 Å². The zero-order valence-corrected chi connectivity index (χ0v) is 20.8. The Morgan fingerprint density at radius 2 is 1.88 bits per heavy atom. The maximum Gasteiger partial charge on any atom is 0.233 e. The van der Waals surface area contributed by atoms with E-state index in [2.05, 4.69) is 30.6 Å². The van der Waals surface area contributed by atoms with Gasteiger partial charge in [0.05, 0.1) is 24.2 Å². The van der Waals surface area contributed by atoms with E-state index in [1.165, 1.54) is 36.0 Å². The van der Waals surface area contributed by atoms with Gasteiger partial charge in [-0.3, -0.25) is 9.10 Å². The Morgan fingerprint density at radius 3 is 2.45 bits per heavy atom. The van der Waals surface area contributed by atoms with Gasteiger partial charge in [-0.1, -0.05) is 17.8 Å². The summed E-state index contributed by atoms with van der Waals surface area (Å²) in [5.74, 6) is 0.220. The predicted octanol–water partition coefficient (Wildman–Crippen LogP) is 3.45. The predicted molar refractivity (Wildman–Crippen MR) is 128 cm³/mol. The Morgan fingerprint density at radius 1 is 1.24 bits per heavy atom. The average molecular weight is 496 g/mol. The molecule has 8 nitrogen and oxygen atoms in total. The second kappa shape index (κ2) is 10.7. The lowest BCUT2D eigenvalue weighted by atomic mass is 9.98. The summed E-state index contributed by atoms with van der Waals surface area (Å²) in [4.78, 5) is 14.8. The first-order valence-corrected chi connectivity index (χ1v) is 13.7. The minimum absolute atomic E-state index is 0.0541. The van der Waals surface area contributed by atoms with Crippen LogP contribution in [-0.4, -0.2) is 58.1 Å². The van der Waals surface area contributed by atoms with E-state index in [4.69, 9.17) is 0 Å². The molecular weight excluding hydrogens is 465 g/mol. The maximum atomic E-state index is 13.3. The van der Waals surface area contributed by atoms with Crippen molar-refractivity contribution in [1.29, 1.82) is 0 Å². The van der Waals surface area contributed by atoms with Gasteiger partial charge in [0.25, 0.3) is 0 Å². The number of hydrogen-bond donors (Lipinski definition) is 0. The number of hydrogen-bond acceptors (Lipinski definition) is 6. The number of aromatic nitrogens is 3. The van der Waals surface area contributed by atoms with Gasteiger partial charge in [0.2, 0.25) is 15.9 Å². The van der Waals surface area contributed by atoms with E-state index in [1.54, 1.807) is 10.6 Å². The van der Waals surface area contributed by atoms with Gasteiger partial charge in [-0.05, 0) is 57.4 Å². The average Bonchev–Trinajstić information content (AvgIpc) is 3.12. The fraction of sp³-hybridized carbons (Fsp3) is 0.500. The van der Waals surface area contributed by atoms with Gasteiger partial charge >= 0.3 is 0 Å². The Balaban J connectivity index is 1.80. The van der Waals surface area contributed by atoms with E-state index in [0.717, 1.165) is 29.8 Å². The number of sulfonamides is 1. The van der Waals surface area contributed by atoms with Crippen LogP contribution in [0.5, 0.6) is 0 Å². The summed E-state index contributed by atoms with van der Waals surface area (Å²) in [6.45, 7) is 8.19.